The number of rotatable bonds is 7. The van der Waals surface area contributed by atoms with Gasteiger partial charge in [-0.2, -0.15) is 0 Å². The highest BCUT2D eigenvalue weighted by atomic mass is 32.2. The fourth-order valence-electron chi connectivity index (χ4n) is 3.04. The van der Waals surface area contributed by atoms with E-state index in [9.17, 15) is 13.2 Å². The topological polar surface area (TPSA) is 84.9 Å². The number of sulfonamides is 1. The fraction of sp³-hybridized carbons (Fsp3) is 0.316. The predicted molar refractivity (Wildman–Crippen MR) is 103 cm³/mol. The molecule has 3 rings (SSSR count). The zero-order valence-electron chi connectivity index (χ0n) is 15.3. The molecule has 0 unspecified atom stereocenters. The molecular formula is C19H22N2O5S. The SMILES string of the molecule is COc1cc(OC)cc(C(=O)NCCS(=O)(=O)N2CCc3ccccc32)c1. The van der Waals surface area contributed by atoms with Gasteiger partial charge in [-0.1, -0.05) is 18.2 Å². The highest BCUT2D eigenvalue weighted by molar-refractivity contribution is 7.92. The number of hydrogen-bond donors (Lipinski definition) is 1. The van der Waals surface area contributed by atoms with Crippen LogP contribution in [0.2, 0.25) is 0 Å². The van der Waals surface area contributed by atoms with Gasteiger partial charge in [-0.05, 0) is 30.2 Å². The molecule has 0 saturated heterocycles. The Morgan fingerprint density at radius 1 is 1.11 bits per heavy atom. The molecule has 0 bridgehead atoms. The molecule has 0 radical (unpaired) electrons. The van der Waals surface area contributed by atoms with Crippen molar-refractivity contribution < 1.29 is 22.7 Å². The lowest BCUT2D eigenvalue weighted by Crippen LogP contribution is -2.37. The van der Waals surface area contributed by atoms with E-state index in [4.69, 9.17) is 9.47 Å². The van der Waals surface area contributed by atoms with Crippen molar-refractivity contribution in [2.24, 2.45) is 0 Å². The number of ether oxygens (including phenoxy) is 2. The lowest BCUT2D eigenvalue weighted by atomic mass is 10.2. The molecule has 1 heterocycles. The number of fused-ring (bicyclic) bond motifs is 1. The first kappa shape index (κ1) is 19.0. The summed E-state index contributed by atoms with van der Waals surface area (Å²) in [6, 6.07) is 12.3. The average Bonchev–Trinajstić information content (AvgIpc) is 3.12. The lowest BCUT2D eigenvalue weighted by molar-refractivity contribution is 0.0955. The standard InChI is InChI=1S/C19H22N2O5S/c1-25-16-11-15(12-17(13-16)26-2)19(22)20-8-10-27(23,24)21-9-7-14-5-3-4-6-18(14)21/h3-6,11-13H,7-10H2,1-2H3,(H,20,22). The van der Waals surface area contributed by atoms with Crippen LogP contribution >= 0.6 is 0 Å². The first-order valence-corrected chi connectivity index (χ1v) is 10.1. The number of nitrogens with zero attached hydrogens (tertiary/aromatic N) is 1. The van der Waals surface area contributed by atoms with Crippen LogP contribution in [0.4, 0.5) is 5.69 Å². The number of carbonyl (C=O) groups excluding carboxylic acids is 1. The van der Waals surface area contributed by atoms with E-state index in [1.807, 2.05) is 18.2 Å². The third-order valence-corrected chi connectivity index (χ3v) is 6.21. The van der Waals surface area contributed by atoms with Gasteiger partial charge in [0.15, 0.2) is 0 Å². The molecule has 1 aliphatic rings. The molecule has 8 heteroatoms. The van der Waals surface area contributed by atoms with Gasteiger partial charge in [0.05, 0.1) is 25.7 Å². The molecular weight excluding hydrogens is 368 g/mol. The fourth-order valence-corrected chi connectivity index (χ4v) is 4.47. The molecule has 0 atom stereocenters. The van der Waals surface area contributed by atoms with Crippen molar-refractivity contribution in [1.82, 2.24) is 5.32 Å². The van der Waals surface area contributed by atoms with E-state index in [2.05, 4.69) is 5.32 Å². The van der Waals surface area contributed by atoms with E-state index < -0.39 is 10.0 Å². The van der Waals surface area contributed by atoms with Gasteiger partial charge >= 0.3 is 0 Å². The highest BCUT2D eigenvalue weighted by Crippen LogP contribution is 2.29. The monoisotopic (exact) mass is 390 g/mol. The summed E-state index contributed by atoms with van der Waals surface area (Å²) in [4.78, 5) is 12.4. The maximum absolute atomic E-state index is 12.6. The maximum atomic E-state index is 12.6. The van der Waals surface area contributed by atoms with Gasteiger partial charge in [-0.25, -0.2) is 8.42 Å². The Morgan fingerprint density at radius 2 is 1.78 bits per heavy atom. The van der Waals surface area contributed by atoms with Gasteiger partial charge in [0.2, 0.25) is 10.0 Å². The Bertz CT molecular complexity index is 921. The Labute approximate surface area is 158 Å². The second kappa shape index (κ2) is 7.87. The van der Waals surface area contributed by atoms with Gasteiger partial charge in [0.1, 0.15) is 11.5 Å². The van der Waals surface area contributed by atoms with Gasteiger partial charge in [0, 0.05) is 24.7 Å². The molecule has 0 spiro atoms. The van der Waals surface area contributed by atoms with Gasteiger partial charge in [-0.3, -0.25) is 9.10 Å². The van der Waals surface area contributed by atoms with Crippen LogP contribution in [0.1, 0.15) is 15.9 Å². The Balaban J connectivity index is 1.63. The predicted octanol–water partition coefficient (Wildman–Crippen LogP) is 1.83. The van der Waals surface area contributed by atoms with E-state index in [1.54, 1.807) is 24.3 Å². The molecule has 144 valence electrons. The third kappa shape index (κ3) is 4.16. The van der Waals surface area contributed by atoms with Crippen LogP contribution < -0.4 is 19.1 Å². The molecule has 1 amide bonds. The Hall–Kier alpha value is -2.74. The minimum Gasteiger partial charge on any atom is -0.497 e. The molecule has 7 nitrogen and oxygen atoms in total. The van der Waals surface area contributed by atoms with Gasteiger partial charge < -0.3 is 14.8 Å². The summed E-state index contributed by atoms with van der Waals surface area (Å²) in [7, 11) is -0.514. The van der Waals surface area contributed by atoms with Crippen LogP contribution in [0, 0.1) is 0 Å². The number of carbonyl (C=O) groups is 1. The number of anilines is 1. The van der Waals surface area contributed by atoms with E-state index in [-0.39, 0.29) is 18.2 Å². The average molecular weight is 390 g/mol. The highest BCUT2D eigenvalue weighted by Gasteiger charge is 2.28. The molecule has 0 aliphatic carbocycles. The van der Waals surface area contributed by atoms with Gasteiger partial charge in [-0.15, -0.1) is 0 Å². The van der Waals surface area contributed by atoms with E-state index in [0.29, 0.717) is 30.0 Å². The van der Waals surface area contributed by atoms with E-state index in [1.165, 1.54) is 18.5 Å². The third-order valence-electron chi connectivity index (χ3n) is 4.44. The minimum atomic E-state index is -3.51. The molecule has 0 fully saturated rings. The molecule has 1 aliphatic heterocycles. The lowest BCUT2D eigenvalue weighted by Gasteiger charge is -2.19. The second-order valence-electron chi connectivity index (χ2n) is 6.12. The smallest absolute Gasteiger partial charge is 0.251 e. The number of amides is 1. The van der Waals surface area contributed by atoms with Crippen LogP contribution in [-0.4, -0.2) is 47.4 Å². The summed E-state index contributed by atoms with van der Waals surface area (Å²) in [6.45, 7) is 0.446. The molecule has 2 aromatic carbocycles. The van der Waals surface area contributed by atoms with Gasteiger partial charge in [0.25, 0.3) is 5.91 Å². The Kier molecular flexibility index (Phi) is 5.55. The minimum absolute atomic E-state index is 0.0133. The summed E-state index contributed by atoms with van der Waals surface area (Å²) >= 11 is 0. The molecule has 27 heavy (non-hydrogen) atoms. The number of para-hydroxylation sites is 1. The Morgan fingerprint density at radius 3 is 2.44 bits per heavy atom. The van der Waals surface area contributed by atoms with Crippen LogP contribution in [0.15, 0.2) is 42.5 Å². The molecule has 0 saturated carbocycles. The maximum Gasteiger partial charge on any atom is 0.251 e. The second-order valence-corrected chi connectivity index (χ2v) is 8.14. The first-order valence-electron chi connectivity index (χ1n) is 8.54. The van der Waals surface area contributed by atoms with Crippen molar-refractivity contribution in [3.8, 4) is 11.5 Å². The van der Waals surface area contributed by atoms with Crippen LogP contribution in [0.5, 0.6) is 11.5 Å². The molecule has 0 aromatic heterocycles. The molecule has 1 N–H and O–H groups in total. The largest absolute Gasteiger partial charge is 0.497 e. The van der Waals surface area contributed by atoms with E-state index >= 15 is 0 Å². The van der Waals surface area contributed by atoms with E-state index in [0.717, 1.165) is 11.3 Å². The van der Waals surface area contributed by atoms with Crippen molar-refractivity contribution in [2.75, 3.05) is 37.4 Å². The number of hydrogen-bond acceptors (Lipinski definition) is 5. The normalized spacial score (nSPS) is 13.2. The number of benzene rings is 2. The van der Waals surface area contributed by atoms with Crippen molar-refractivity contribution in [3.63, 3.8) is 0 Å². The quantitative estimate of drug-likeness (QED) is 0.780. The first-order chi connectivity index (χ1) is 12.9. The molecule has 2 aromatic rings. The van der Waals surface area contributed by atoms with Crippen molar-refractivity contribution in [2.45, 2.75) is 6.42 Å². The summed E-state index contributed by atoms with van der Waals surface area (Å²) in [5.41, 5.74) is 2.09. The zero-order chi connectivity index (χ0) is 19.4. The number of nitrogens with one attached hydrogen (secondary N) is 1. The summed E-state index contributed by atoms with van der Waals surface area (Å²) < 4.78 is 37.0. The number of methoxy groups -OCH3 is 2. The zero-order valence-corrected chi connectivity index (χ0v) is 16.1. The van der Waals surface area contributed by atoms with Crippen molar-refractivity contribution >= 4 is 21.6 Å². The van der Waals surface area contributed by atoms with Crippen LogP contribution in [-0.2, 0) is 16.4 Å². The summed E-state index contributed by atoms with van der Waals surface area (Å²) in [5, 5.41) is 2.65. The summed E-state index contributed by atoms with van der Waals surface area (Å²) in [5.74, 6) is 0.416. The van der Waals surface area contributed by atoms with Crippen LogP contribution in [0.3, 0.4) is 0 Å². The van der Waals surface area contributed by atoms with Crippen molar-refractivity contribution in [1.29, 1.82) is 0 Å². The van der Waals surface area contributed by atoms with Crippen LogP contribution in [0.25, 0.3) is 0 Å². The van der Waals surface area contributed by atoms with Crippen molar-refractivity contribution in [3.05, 3.63) is 53.6 Å². The summed E-state index contributed by atoms with van der Waals surface area (Å²) in [6.07, 6.45) is 0.700.